The van der Waals surface area contributed by atoms with Gasteiger partial charge in [-0.05, 0) is 19.1 Å². The van der Waals surface area contributed by atoms with Crippen LogP contribution >= 0.6 is 11.3 Å². The highest BCUT2D eigenvalue weighted by atomic mass is 32.1. The molecule has 0 aliphatic heterocycles. The molecule has 0 radical (unpaired) electrons. The van der Waals surface area contributed by atoms with E-state index in [4.69, 9.17) is 9.84 Å². The summed E-state index contributed by atoms with van der Waals surface area (Å²) < 4.78 is 6.13. The zero-order valence-electron chi connectivity index (χ0n) is 9.10. The molecule has 1 aromatic heterocycles. The van der Waals surface area contributed by atoms with Crippen LogP contribution in [0.5, 0.6) is 5.75 Å². The first kappa shape index (κ1) is 11.6. The Labute approximate surface area is 101 Å². The van der Waals surface area contributed by atoms with Crippen molar-refractivity contribution in [3.63, 3.8) is 0 Å². The minimum atomic E-state index is -1.04. The number of carboxylic acid groups (broad SMARTS) is 1. The van der Waals surface area contributed by atoms with Gasteiger partial charge in [0.05, 0.1) is 0 Å². The fourth-order valence-corrected chi connectivity index (χ4v) is 2.47. The summed E-state index contributed by atoms with van der Waals surface area (Å²) in [4.78, 5) is 22.1. The Morgan fingerprint density at radius 1 is 1.35 bits per heavy atom. The molecule has 0 atom stereocenters. The minimum Gasteiger partial charge on any atom is -0.483 e. The van der Waals surface area contributed by atoms with Crippen molar-refractivity contribution in [3.05, 3.63) is 29.1 Å². The molecule has 2 aromatic rings. The van der Waals surface area contributed by atoms with Crippen LogP contribution in [-0.4, -0.2) is 23.5 Å². The van der Waals surface area contributed by atoms with E-state index in [-0.39, 0.29) is 23.0 Å². The largest absolute Gasteiger partial charge is 0.483 e. The maximum absolute atomic E-state index is 11.1. The highest BCUT2D eigenvalue weighted by Gasteiger charge is 2.19. The van der Waals surface area contributed by atoms with Crippen LogP contribution in [0.25, 0.3) is 10.1 Å². The number of thiophene rings is 1. The van der Waals surface area contributed by atoms with Gasteiger partial charge in [-0.15, -0.1) is 11.3 Å². The lowest BCUT2D eigenvalue weighted by Crippen LogP contribution is -2.08. The first-order valence-corrected chi connectivity index (χ1v) is 5.78. The van der Waals surface area contributed by atoms with Crippen molar-refractivity contribution < 1.29 is 19.4 Å². The molecular formula is C12H10O4S. The van der Waals surface area contributed by atoms with Gasteiger partial charge in [0.2, 0.25) is 0 Å². The highest BCUT2D eigenvalue weighted by Crippen LogP contribution is 2.37. The maximum Gasteiger partial charge on any atom is 0.349 e. The summed E-state index contributed by atoms with van der Waals surface area (Å²) in [5.74, 6) is -0.894. The van der Waals surface area contributed by atoms with Crippen LogP contribution in [0, 0.1) is 0 Å². The first-order chi connectivity index (χ1) is 8.09. The lowest BCUT2D eigenvalue weighted by Gasteiger charge is -2.03. The van der Waals surface area contributed by atoms with Gasteiger partial charge in [-0.3, -0.25) is 4.79 Å². The molecule has 0 saturated carbocycles. The van der Waals surface area contributed by atoms with E-state index in [1.807, 2.05) is 12.1 Å². The lowest BCUT2D eigenvalue weighted by atomic mass is 10.2. The number of benzene rings is 1. The molecule has 0 spiro atoms. The Hall–Kier alpha value is -1.88. The third-order valence-electron chi connectivity index (χ3n) is 2.16. The number of hydrogen-bond acceptors (Lipinski definition) is 4. The highest BCUT2D eigenvalue weighted by molar-refractivity contribution is 7.21. The molecule has 0 amide bonds. The van der Waals surface area contributed by atoms with E-state index in [2.05, 4.69) is 0 Å². The number of fused-ring (bicyclic) bond motifs is 1. The minimum absolute atomic E-state index is 0.110. The van der Waals surface area contributed by atoms with Gasteiger partial charge < -0.3 is 9.84 Å². The van der Waals surface area contributed by atoms with Gasteiger partial charge in [0.25, 0.3) is 0 Å². The SMILES string of the molecule is CC(=O)COc1c(C(=O)O)sc2ccccc12. The Kier molecular flexibility index (Phi) is 3.10. The molecule has 0 unspecified atom stereocenters. The van der Waals surface area contributed by atoms with Crippen molar-refractivity contribution in [2.75, 3.05) is 6.61 Å². The van der Waals surface area contributed by atoms with Crippen LogP contribution in [-0.2, 0) is 4.79 Å². The van der Waals surface area contributed by atoms with Gasteiger partial charge in [0.15, 0.2) is 16.4 Å². The maximum atomic E-state index is 11.1. The third-order valence-corrected chi connectivity index (χ3v) is 3.30. The molecular weight excluding hydrogens is 240 g/mol. The Bertz CT molecular complexity index is 585. The number of ketones is 1. The third kappa shape index (κ3) is 2.29. The fourth-order valence-electron chi connectivity index (χ4n) is 1.48. The summed E-state index contributed by atoms with van der Waals surface area (Å²) in [6.45, 7) is 1.29. The zero-order chi connectivity index (χ0) is 12.4. The van der Waals surface area contributed by atoms with E-state index in [0.29, 0.717) is 0 Å². The number of aromatic carboxylic acids is 1. The Morgan fingerprint density at radius 3 is 2.71 bits per heavy atom. The summed E-state index contributed by atoms with van der Waals surface area (Å²) in [6, 6.07) is 7.25. The van der Waals surface area contributed by atoms with Gasteiger partial charge in [-0.2, -0.15) is 0 Å². The van der Waals surface area contributed by atoms with Crippen LogP contribution in [0.15, 0.2) is 24.3 Å². The van der Waals surface area contributed by atoms with Crippen LogP contribution in [0.3, 0.4) is 0 Å². The second-order valence-electron chi connectivity index (χ2n) is 3.55. The lowest BCUT2D eigenvalue weighted by molar-refractivity contribution is -0.118. The molecule has 0 aliphatic rings. The summed E-state index contributed by atoms with van der Waals surface area (Å²) in [5, 5.41) is 9.81. The molecule has 0 fully saturated rings. The van der Waals surface area contributed by atoms with Crippen molar-refractivity contribution >= 4 is 33.2 Å². The summed E-state index contributed by atoms with van der Waals surface area (Å²) in [6.07, 6.45) is 0. The van der Waals surface area contributed by atoms with E-state index in [1.54, 1.807) is 12.1 Å². The number of hydrogen-bond donors (Lipinski definition) is 1. The Morgan fingerprint density at radius 2 is 2.06 bits per heavy atom. The van der Waals surface area contributed by atoms with Crippen LogP contribution in [0.1, 0.15) is 16.6 Å². The number of carboxylic acids is 1. The summed E-state index contributed by atoms with van der Waals surface area (Å²) >= 11 is 1.15. The van der Waals surface area contributed by atoms with E-state index in [0.717, 1.165) is 21.4 Å². The van der Waals surface area contributed by atoms with Crippen LogP contribution in [0.2, 0.25) is 0 Å². The molecule has 1 heterocycles. The summed E-state index contributed by atoms with van der Waals surface area (Å²) in [7, 11) is 0. The van der Waals surface area contributed by atoms with Crippen molar-refractivity contribution in [1.82, 2.24) is 0 Å². The number of ether oxygens (including phenoxy) is 1. The number of carbonyl (C=O) groups excluding carboxylic acids is 1. The number of rotatable bonds is 4. The predicted octanol–water partition coefficient (Wildman–Crippen LogP) is 2.57. The quantitative estimate of drug-likeness (QED) is 0.905. The predicted molar refractivity (Wildman–Crippen MR) is 65.0 cm³/mol. The average Bonchev–Trinajstić information content (AvgIpc) is 2.65. The molecule has 4 nitrogen and oxygen atoms in total. The fraction of sp³-hybridized carbons (Fsp3) is 0.167. The number of carbonyl (C=O) groups is 2. The van der Waals surface area contributed by atoms with Crippen LogP contribution in [0.4, 0.5) is 0 Å². The summed E-state index contributed by atoms with van der Waals surface area (Å²) in [5.41, 5.74) is 0. The van der Waals surface area contributed by atoms with Gasteiger partial charge in [-0.25, -0.2) is 4.79 Å². The second-order valence-corrected chi connectivity index (χ2v) is 4.60. The van der Waals surface area contributed by atoms with Gasteiger partial charge in [-0.1, -0.05) is 12.1 Å². The number of Topliss-reactive ketones (excluding diaryl/α,β-unsaturated/α-hetero) is 1. The molecule has 88 valence electrons. The van der Waals surface area contributed by atoms with Crippen LogP contribution < -0.4 is 4.74 Å². The molecule has 0 aliphatic carbocycles. The standard InChI is InChI=1S/C12H10O4S/c1-7(13)6-16-10-8-4-2-3-5-9(8)17-11(10)12(14)15/h2-5H,6H2,1H3,(H,14,15). The molecule has 0 saturated heterocycles. The molecule has 2 rings (SSSR count). The Balaban J connectivity index is 2.51. The second kappa shape index (κ2) is 4.55. The van der Waals surface area contributed by atoms with Crippen molar-refractivity contribution in [2.24, 2.45) is 0 Å². The molecule has 0 bridgehead atoms. The van der Waals surface area contributed by atoms with Gasteiger partial charge in [0, 0.05) is 10.1 Å². The van der Waals surface area contributed by atoms with E-state index in [1.165, 1.54) is 6.92 Å². The van der Waals surface area contributed by atoms with Gasteiger partial charge >= 0.3 is 5.97 Å². The monoisotopic (exact) mass is 250 g/mol. The van der Waals surface area contributed by atoms with Gasteiger partial charge in [0.1, 0.15) is 6.61 Å². The molecule has 1 aromatic carbocycles. The first-order valence-electron chi connectivity index (χ1n) is 4.96. The van der Waals surface area contributed by atoms with Crippen molar-refractivity contribution in [2.45, 2.75) is 6.92 Å². The smallest absolute Gasteiger partial charge is 0.349 e. The van der Waals surface area contributed by atoms with E-state index in [9.17, 15) is 9.59 Å². The molecule has 17 heavy (non-hydrogen) atoms. The van der Waals surface area contributed by atoms with E-state index >= 15 is 0 Å². The van der Waals surface area contributed by atoms with Crippen molar-refractivity contribution in [1.29, 1.82) is 0 Å². The normalized spacial score (nSPS) is 10.4. The molecule has 1 N–H and O–H groups in total. The van der Waals surface area contributed by atoms with Crippen molar-refractivity contribution in [3.8, 4) is 5.75 Å². The molecule has 5 heteroatoms. The van der Waals surface area contributed by atoms with E-state index < -0.39 is 5.97 Å². The average molecular weight is 250 g/mol. The topological polar surface area (TPSA) is 63.6 Å². The zero-order valence-corrected chi connectivity index (χ0v) is 9.91.